The van der Waals surface area contributed by atoms with Crippen LogP contribution in [0, 0.1) is 0 Å². The van der Waals surface area contributed by atoms with Crippen LogP contribution in [0.15, 0.2) is 35.3 Å². The lowest BCUT2D eigenvalue weighted by molar-refractivity contribution is 0.616. The predicted octanol–water partition coefficient (Wildman–Crippen LogP) is 2.88. The highest BCUT2D eigenvalue weighted by molar-refractivity contribution is 6.31. The van der Waals surface area contributed by atoms with E-state index in [1.54, 1.807) is 29.4 Å². The van der Waals surface area contributed by atoms with Gasteiger partial charge in [0.05, 0.1) is 11.2 Å². The van der Waals surface area contributed by atoms with Crippen molar-refractivity contribution in [1.29, 1.82) is 0 Å². The second-order valence-corrected chi connectivity index (χ2v) is 3.99. The number of nitrogens with zero attached hydrogens (tertiary/aromatic N) is 3. The molecule has 5 heteroatoms. The number of halogens is 1. The van der Waals surface area contributed by atoms with Crippen LogP contribution >= 0.6 is 11.6 Å². The first-order valence-electron chi connectivity index (χ1n) is 4.76. The Labute approximate surface area is 96.5 Å². The van der Waals surface area contributed by atoms with E-state index < -0.39 is 0 Å². The summed E-state index contributed by atoms with van der Waals surface area (Å²) in [6.07, 6.45) is 6.98. The molecule has 0 spiro atoms. The molecule has 3 aromatic rings. The van der Waals surface area contributed by atoms with Crippen molar-refractivity contribution in [3.8, 4) is 11.1 Å². The van der Waals surface area contributed by atoms with Crippen molar-refractivity contribution in [2.45, 2.75) is 0 Å². The van der Waals surface area contributed by atoms with Crippen molar-refractivity contribution in [3.05, 3.63) is 35.9 Å². The fourth-order valence-electron chi connectivity index (χ4n) is 1.66. The zero-order chi connectivity index (χ0) is 11.1. The Hall–Kier alpha value is -1.81. The predicted molar refractivity (Wildman–Crippen MR) is 61.2 cm³/mol. The molecule has 0 atom stereocenters. The van der Waals surface area contributed by atoms with Crippen molar-refractivity contribution in [3.63, 3.8) is 0 Å². The van der Waals surface area contributed by atoms with E-state index in [9.17, 15) is 0 Å². The third-order valence-electron chi connectivity index (χ3n) is 2.39. The molecule has 3 heterocycles. The van der Waals surface area contributed by atoms with Gasteiger partial charge in [0, 0.05) is 36.6 Å². The molecule has 3 rings (SSSR count). The summed E-state index contributed by atoms with van der Waals surface area (Å²) in [6, 6.07) is 1.75. The molecule has 0 saturated carbocycles. The van der Waals surface area contributed by atoms with Crippen molar-refractivity contribution < 1.29 is 4.42 Å². The summed E-state index contributed by atoms with van der Waals surface area (Å²) in [5, 5.41) is 4.69. The smallest absolute Gasteiger partial charge is 0.154 e. The average molecular weight is 234 g/mol. The van der Waals surface area contributed by atoms with E-state index in [-0.39, 0.29) is 0 Å². The second-order valence-electron chi connectivity index (χ2n) is 3.55. The lowest BCUT2D eigenvalue weighted by Crippen LogP contribution is -1.84. The molecule has 0 amide bonds. The van der Waals surface area contributed by atoms with Gasteiger partial charge in [-0.2, -0.15) is 5.10 Å². The van der Waals surface area contributed by atoms with Crippen LogP contribution in [0.1, 0.15) is 0 Å². The monoisotopic (exact) mass is 233 g/mol. The highest BCUT2D eigenvalue weighted by Gasteiger charge is 2.10. The molecule has 16 heavy (non-hydrogen) atoms. The molecule has 3 aromatic heterocycles. The molecule has 0 unspecified atom stereocenters. The maximum Gasteiger partial charge on any atom is 0.154 e. The summed E-state index contributed by atoms with van der Waals surface area (Å²) in [4.78, 5) is 4.26. The quantitative estimate of drug-likeness (QED) is 0.649. The Morgan fingerprint density at radius 1 is 1.38 bits per heavy atom. The number of aromatic nitrogens is 3. The molecule has 0 aliphatic heterocycles. The number of pyridine rings is 1. The van der Waals surface area contributed by atoms with E-state index in [2.05, 4.69) is 10.1 Å². The van der Waals surface area contributed by atoms with E-state index in [0.717, 1.165) is 16.6 Å². The van der Waals surface area contributed by atoms with Crippen LogP contribution in [0.25, 0.3) is 22.2 Å². The molecule has 0 N–H and O–H groups in total. The lowest BCUT2D eigenvalue weighted by atomic mass is 10.2. The standard InChI is InChI=1S/C11H8ClN3O/c1-15-5-7(3-14-15)9-6-16-10-2-8(12)4-13-11(9)10/h2-6H,1H3. The Morgan fingerprint density at radius 3 is 3.00 bits per heavy atom. The van der Waals surface area contributed by atoms with Gasteiger partial charge in [-0.3, -0.25) is 9.67 Å². The highest BCUT2D eigenvalue weighted by Crippen LogP contribution is 2.29. The maximum absolute atomic E-state index is 5.84. The first-order valence-corrected chi connectivity index (χ1v) is 5.13. The minimum absolute atomic E-state index is 0.569. The number of hydrogen-bond acceptors (Lipinski definition) is 3. The zero-order valence-corrected chi connectivity index (χ0v) is 9.27. The van der Waals surface area contributed by atoms with Gasteiger partial charge in [-0.05, 0) is 0 Å². The number of fused-ring (bicyclic) bond motifs is 1. The van der Waals surface area contributed by atoms with Crippen LogP contribution in [0.4, 0.5) is 0 Å². The Bertz CT molecular complexity index is 656. The molecule has 0 bridgehead atoms. The van der Waals surface area contributed by atoms with Gasteiger partial charge in [-0.15, -0.1) is 0 Å². The van der Waals surface area contributed by atoms with Crippen LogP contribution in [-0.2, 0) is 7.05 Å². The lowest BCUT2D eigenvalue weighted by Gasteiger charge is -1.92. The van der Waals surface area contributed by atoms with Crippen LogP contribution in [0.5, 0.6) is 0 Å². The Balaban J connectivity index is 2.25. The summed E-state index contributed by atoms with van der Waals surface area (Å²) < 4.78 is 7.15. The largest absolute Gasteiger partial charge is 0.462 e. The fourth-order valence-corrected chi connectivity index (χ4v) is 1.80. The number of rotatable bonds is 1. The molecule has 0 fully saturated rings. The van der Waals surface area contributed by atoms with E-state index >= 15 is 0 Å². The van der Waals surface area contributed by atoms with E-state index in [1.807, 2.05) is 13.2 Å². The van der Waals surface area contributed by atoms with Crippen molar-refractivity contribution in [2.75, 3.05) is 0 Å². The third-order valence-corrected chi connectivity index (χ3v) is 2.60. The summed E-state index contributed by atoms with van der Waals surface area (Å²) in [5.41, 5.74) is 3.40. The minimum Gasteiger partial charge on any atom is -0.462 e. The number of furan rings is 1. The molecule has 0 radical (unpaired) electrons. The van der Waals surface area contributed by atoms with Gasteiger partial charge >= 0.3 is 0 Å². The molecule has 0 aliphatic rings. The van der Waals surface area contributed by atoms with Gasteiger partial charge in [-0.1, -0.05) is 11.6 Å². The number of hydrogen-bond donors (Lipinski definition) is 0. The van der Waals surface area contributed by atoms with Gasteiger partial charge in [0.15, 0.2) is 5.58 Å². The summed E-state index contributed by atoms with van der Waals surface area (Å²) in [6.45, 7) is 0. The van der Waals surface area contributed by atoms with Gasteiger partial charge in [0.1, 0.15) is 11.8 Å². The number of aryl methyl sites for hydroxylation is 1. The van der Waals surface area contributed by atoms with Crippen molar-refractivity contribution in [2.24, 2.45) is 7.05 Å². The molecule has 4 nitrogen and oxygen atoms in total. The molecule has 0 saturated heterocycles. The van der Waals surface area contributed by atoms with Crippen LogP contribution in [-0.4, -0.2) is 14.8 Å². The normalized spacial score (nSPS) is 11.1. The summed E-state index contributed by atoms with van der Waals surface area (Å²) in [7, 11) is 1.87. The van der Waals surface area contributed by atoms with Gasteiger partial charge < -0.3 is 4.42 Å². The molecule has 80 valence electrons. The zero-order valence-electron chi connectivity index (χ0n) is 8.51. The Morgan fingerprint density at radius 2 is 2.25 bits per heavy atom. The highest BCUT2D eigenvalue weighted by atomic mass is 35.5. The van der Waals surface area contributed by atoms with Gasteiger partial charge in [-0.25, -0.2) is 0 Å². The second kappa shape index (κ2) is 3.35. The SMILES string of the molecule is Cn1cc(-c2coc3cc(Cl)cnc23)cn1. The summed E-state index contributed by atoms with van der Waals surface area (Å²) >= 11 is 5.84. The first kappa shape index (κ1) is 9.42. The first-order chi connectivity index (χ1) is 7.74. The fraction of sp³-hybridized carbons (Fsp3) is 0.0909. The average Bonchev–Trinajstić information content (AvgIpc) is 2.83. The van der Waals surface area contributed by atoms with Gasteiger partial charge in [0.2, 0.25) is 0 Å². The molecule has 0 aliphatic carbocycles. The third kappa shape index (κ3) is 1.39. The van der Waals surface area contributed by atoms with E-state index in [4.69, 9.17) is 16.0 Å². The van der Waals surface area contributed by atoms with Crippen molar-refractivity contribution in [1.82, 2.24) is 14.8 Å². The topological polar surface area (TPSA) is 43.9 Å². The minimum atomic E-state index is 0.569. The van der Waals surface area contributed by atoms with Crippen LogP contribution < -0.4 is 0 Å². The maximum atomic E-state index is 5.84. The van der Waals surface area contributed by atoms with Crippen LogP contribution in [0.2, 0.25) is 5.02 Å². The van der Waals surface area contributed by atoms with Crippen molar-refractivity contribution >= 4 is 22.7 Å². The molecular weight excluding hydrogens is 226 g/mol. The Kier molecular flexibility index (Phi) is 1.97. The van der Waals surface area contributed by atoms with Crippen LogP contribution in [0.3, 0.4) is 0 Å². The van der Waals surface area contributed by atoms with E-state index in [1.165, 1.54) is 0 Å². The summed E-state index contributed by atoms with van der Waals surface area (Å²) in [5.74, 6) is 0. The molecular formula is C11H8ClN3O. The van der Waals surface area contributed by atoms with Gasteiger partial charge in [0.25, 0.3) is 0 Å². The van der Waals surface area contributed by atoms with E-state index in [0.29, 0.717) is 10.6 Å². The molecule has 0 aromatic carbocycles.